The second-order valence-corrected chi connectivity index (χ2v) is 6.67. The van der Waals surface area contributed by atoms with E-state index in [1.807, 2.05) is 0 Å². The smallest absolute Gasteiger partial charge is 0.136 e. The Morgan fingerprint density at radius 2 is 1.78 bits per heavy atom. The first-order valence-corrected chi connectivity index (χ1v) is 10.7. The van der Waals surface area contributed by atoms with Crippen LogP contribution in [0.3, 0.4) is 0 Å². The average molecular weight is 382 g/mol. The van der Waals surface area contributed by atoms with Crippen LogP contribution in [-0.4, -0.2) is 36.9 Å². The maximum Gasteiger partial charge on any atom is 0.136 e. The summed E-state index contributed by atoms with van der Waals surface area (Å²) in [7, 11) is 0. The molecule has 0 aliphatic heterocycles. The van der Waals surface area contributed by atoms with Gasteiger partial charge in [0.25, 0.3) is 0 Å². The lowest BCUT2D eigenvalue weighted by Crippen LogP contribution is -2.18. The van der Waals surface area contributed by atoms with Gasteiger partial charge in [-0.2, -0.15) is 0 Å². The van der Waals surface area contributed by atoms with Crippen molar-refractivity contribution in [2.24, 2.45) is 11.8 Å². The number of Topliss-reactive ketones (excluding diaryl/α,β-unsaturated/α-hetero) is 1. The molecule has 2 atom stereocenters. The third kappa shape index (κ3) is 17.9. The minimum atomic E-state index is 0.186. The van der Waals surface area contributed by atoms with E-state index in [0.717, 1.165) is 44.9 Å². The number of unbranched alkanes of at least 4 members (excludes halogenated alkanes) is 2. The van der Waals surface area contributed by atoms with Gasteiger partial charge in [-0.15, -0.1) is 0 Å². The highest BCUT2D eigenvalue weighted by Gasteiger charge is 2.31. The van der Waals surface area contributed by atoms with E-state index in [9.17, 15) is 4.79 Å². The molecular formula is C23H43NO3. The van der Waals surface area contributed by atoms with Gasteiger partial charge in [-0.05, 0) is 45.1 Å². The average Bonchev–Trinajstić information content (AvgIpc) is 3.01. The van der Waals surface area contributed by atoms with Crippen LogP contribution in [0.1, 0.15) is 79.1 Å². The molecule has 0 radical (unpaired) electrons. The van der Waals surface area contributed by atoms with Crippen LogP contribution >= 0.6 is 0 Å². The van der Waals surface area contributed by atoms with Gasteiger partial charge in [0.2, 0.25) is 0 Å². The van der Waals surface area contributed by atoms with Crippen molar-refractivity contribution in [3.63, 3.8) is 0 Å². The van der Waals surface area contributed by atoms with Crippen molar-refractivity contribution >= 4 is 12.1 Å². The second kappa shape index (κ2) is 22.8. The van der Waals surface area contributed by atoms with Crippen molar-refractivity contribution in [2.45, 2.75) is 79.1 Å². The molecule has 2 N–H and O–H groups in total. The number of rotatable bonds is 11. The topological polar surface area (TPSA) is 66.4 Å². The van der Waals surface area contributed by atoms with E-state index in [0.29, 0.717) is 18.2 Å². The second-order valence-electron chi connectivity index (χ2n) is 6.67. The van der Waals surface area contributed by atoms with Crippen LogP contribution in [0.15, 0.2) is 24.3 Å². The van der Waals surface area contributed by atoms with Gasteiger partial charge in [0, 0.05) is 18.9 Å². The molecule has 1 saturated carbocycles. The quantitative estimate of drug-likeness (QED) is 0.304. The summed E-state index contributed by atoms with van der Waals surface area (Å²) in [4.78, 5) is 20.7. The molecule has 0 heterocycles. The normalized spacial score (nSPS) is 18.9. The highest BCUT2D eigenvalue weighted by molar-refractivity contribution is 5.83. The minimum Gasteiger partial charge on any atom is -0.395 e. The van der Waals surface area contributed by atoms with Crippen LogP contribution in [0, 0.1) is 11.8 Å². The number of aliphatic hydroxyl groups is 1. The summed E-state index contributed by atoms with van der Waals surface area (Å²) >= 11 is 0. The Labute approximate surface area is 167 Å². The number of aliphatic hydroxyl groups excluding tert-OH is 1. The van der Waals surface area contributed by atoms with E-state index < -0.39 is 0 Å². The van der Waals surface area contributed by atoms with Gasteiger partial charge in [-0.25, -0.2) is 0 Å². The molecule has 0 aromatic heterocycles. The van der Waals surface area contributed by atoms with E-state index in [1.54, 1.807) is 0 Å². The Morgan fingerprint density at radius 3 is 2.30 bits per heavy atom. The maximum absolute atomic E-state index is 11.8. The summed E-state index contributed by atoms with van der Waals surface area (Å²) in [5, 5.41) is 11.7. The molecule has 4 heteroatoms. The van der Waals surface area contributed by atoms with Crippen molar-refractivity contribution in [1.82, 2.24) is 5.32 Å². The Bertz CT molecular complexity index is 389. The Hall–Kier alpha value is -1.26. The van der Waals surface area contributed by atoms with Gasteiger partial charge < -0.3 is 15.2 Å². The highest BCUT2D eigenvalue weighted by Crippen LogP contribution is 2.32. The zero-order valence-corrected chi connectivity index (χ0v) is 18.1. The lowest BCUT2D eigenvalue weighted by molar-refractivity contribution is -0.120. The van der Waals surface area contributed by atoms with Crippen molar-refractivity contribution in [2.75, 3.05) is 19.7 Å². The predicted octanol–water partition coefficient (Wildman–Crippen LogP) is 4.87. The zero-order chi connectivity index (χ0) is 20.8. The molecule has 1 aliphatic carbocycles. The first-order chi connectivity index (χ1) is 13.1. The number of carbonyl (C=O) groups is 2. The van der Waals surface area contributed by atoms with Crippen LogP contribution in [0.4, 0.5) is 0 Å². The summed E-state index contributed by atoms with van der Waals surface area (Å²) in [6.07, 6.45) is 18.1. The third-order valence-electron chi connectivity index (χ3n) is 4.31. The van der Waals surface area contributed by atoms with Crippen molar-refractivity contribution in [3.05, 3.63) is 24.3 Å². The fraction of sp³-hybridized carbons (Fsp3) is 0.739. The van der Waals surface area contributed by atoms with Gasteiger partial charge in [0.1, 0.15) is 12.1 Å². The van der Waals surface area contributed by atoms with E-state index in [1.165, 1.54) is 26.2 Å². The molecular weight excluding hydrogens is 338 g/mol. The molecule has 1 rings (SSSR count). The zero-order valence-electron chi connectivity index (χ0n) is 18.1. The van der Waals surface area contributed by atoms with Crippen LogP contribution in [0.25, 0.3) is 0 Å². The van der Waals surface area contributed by atoms with E-state index >= 15 is 0 Å². The van der Waals surface area contributed by atoms with Crippen LogP contribution in [0.2, 0.25) is 0 Å². The fourth-order valence-corrected chi connectivity index (χ4v) is 2.89. The van der Waals surface area contributed by atoms with E-state index in [4.69, 9.17) is 9.90 Å². The summed E-state index contributed by atoms with van der Waals surface area (Å²) in [5.41, 5.74) is 0. The molecule has 1 aliphatic rings. The summed E-state index contributed by atoms with van der Waals surface area (Å²) < 4.78 is 0. The first kappa shape index (κ1) is 28.0. The molecule has 158 valence electrons. The minimum absolute atomic E-state index is 0.186. The van der Waals surface area contributed by atoms with Crippen molar-refractivity contribution < 1.29 is 14.7 Å². The third-order valence-corrected chi connectivity index (χ3v) is 4.31. The summed E-state index contributed by atoms with van der Waals surface area (Å²) in [5.74, 6) is 1.07. The summed E-state index contributed by atoms with van der Waals surface area (Å²) in [6.45, 7) is 9.72. The maximum atomic E-state index is 11.8. The van der Waals surface area contributed by atoms with Gasteiger partial charge in [-0.1, -0.05) is 64.3 Å². The predicted molar refractivity (Wildman–Crippen MR) is 116 cm³/mol. The molecule has 0 bridgehead atoms. The number of aldehydes is 1. The van der Waals surface area contributed by atoms with Gasteiger partial charge in [0.05, 0.1) is 6.61 Å². The number of ketones is 1. The molecule has 1 fully saturated rings. The molecule has 27 heavy (non-hydrogen) atoms. The van der Waals surface area contributed by atoms with Crippen molar-refractivity contribution in [3.8, 4) is 0 Å². The molecule has 0 aromatic carbocycles. The Balaban J connectivity index is 0. The number of allylic oxidation sites excluding steroid dienone is 3. The van der Waals surface area contributed by atoms with Gasteiger partial charge in [0.15, 0.2) is 0 Å². The lowest BCUT2D eigenvalue weighted by Gasteiger charge is -2.12. The molecule has 0 amide bonds. The number of nitrogens with one attached hydrogen (secondary N) is 1. The Kier molecular flexibility index (Phi) is 23.6. The SMILES string of the molecule is CC/C=C/C1CCC(=O)[C@@H]1C/C=C\CCNCCO.CC=O.CCCCC. The standard InChI is InChI=1S/C16H27NO2.C5H12.C2H4O/c1-2-3-7-14-9-10-16(19)15(14)8-5-4-6-11-17-12-13-18;1-3-5-4-2;1-2-3/h3-5,7,14-15,17-18H,2,6,8-13H2,1H3;3-5H2,1-2H3;2H,1H3/b5-4-,7-3+;;/t14?,15-;;/m1../s1. The highest BCUT2D eigenvalue weighted by atomic mass is 16.3. The van der Waals surface area contributed by atoms with Gasteiger partial charge >= 0.3 is 0 Å². The van der Waals surface area contributed by atoms with E-state index in [2.05, 4.69) is 50.4 Å². The number of hydrogen-bond acceptors (Lipinski definition) is 4. The molecule has 4 nitrogen and oxygen atoms in total. The lowest BCUT2D eigenvalue weighted by atomic mass is 9.91. The summed E-state index contributed by atoms with van der Waals surface area (Å²) in [6, 6.07) is 0. The largest absolute Gasteiger partial charge is 0.395 e. The van der Waals surface area contributed by atoms with Crippen LogP contribution in [-0.2, 0) is 9.59 Å². The molecule has 1 unspecified atom stereocenters. The number of carbonyl (C=O) groups excluding carboxylic acids is 2. The molecule has 0 saturated heterocycles. The Morgan fingerprint density at radius 1 is 1.11 bits per heavy atom. The first-order valence-electron chi connectivity index (χ1n) is 10.7. The molecule has 0 spiro atoms. The molecule has 0 aromatic rings. The van der Waals surface area contributed by atoms with Crippen LogP contribution in [0.5, 0.6) is 0 Å². The monoisotopic (exact) mass is 381 g/mol. The number of hydrogen-bond donors (Lipinski definition) is 2. The van der Waals surface area contributed by atoms with Gasteiger partial charge in [-0.3, -0.25) is 4.79 Å². The van der Waals surface area contributed by atoms with Crippen LogP contribution < -0.4 is 5.32 Å². The van der Waals surface area contributed by atoms with Crippen molar-refractivity contribution in [1.29, 1.82) is 0 Å². The fourth-order valence-electron chi connectivity index (χ4n) is 2.89. The van der Waals surface area contributed by atoms with E-state index in [-0.39, 0.29) is 12.5 Å².